The maximum absolute atomic E-state index is 11.6. The van der Waals surface area contributed by atoms with Crippen molar-refractivity contribution in [3.63, 3.8) is 0 Å². The van der Waals surface area contributed by atoms with Gasteiger partial charge in [0.2, 0.25) is 0 Å². The van der Waals surface area contributed by atoms with Crippen molar-refractivity contribution in [1.29, 1.82) is 5.26 Å². The highest BCUT2D eigenvalue weighted by Crippen LogP contribution is 2.24. The number of benzene rings is 2. The first-order valence-corrected chi connectivity index (χ1v) is 8.01. The molecule has 0 amide bonds. The van der Waals surface area contributed by atoms with Gasteiger partial charge in [0, 0.05) is 0 Å². The van der Waals surface area contributed by atoms with Gasteiger partial charge in [-0.1, -0.05) is 24.3 Å². The van der Waals surface area contributed by atoms with Crippen molar-refractivity contribution >= 4 is 5.97 Å². The normalized spacial score (nSPS) is 10.2. The van der Waals surface area contributed by atoms with Gasteiger partial charge in [-0.3, -0.25) is 0 Å². The summed E-state index contributed by atoms with van der Waals surface area (Å²) in [6, 6.07) is 18.8. The number of esters is 1. The topological polar surface area (TPSA) is 72.5 Å². The Morgan fingerprint density at radius 1 is 1.08 bits per heavy atom. The number of carbonyl (C=O) groups is 1. The lowest BCUT2D eigenvalue weighted by Crippen LogP contribution is -2.00. The lowest BCUT2D eigenvalue weighted by atomic mass is 10.0. The van der Waals surface area contributed by atoms with Crippen LogP contribution in [0.2, 0.25) is 0 Å². The average molecular weight is 347 g/mol. The van der Waals surface area contributed by atoms with Gasteiger partial charge in [-0.05, 0) is 48.4 Å². The van der Waals surface area contributed by atoms with E-state index < -0.39 is 5.97 Å². The number of hydrogen-bond acceptors (Lipinski definition) is 5. The molecule has 5 nitrogen and oxygen atoms in total. The van der Waals surface area contributed by atoms with Gasteiger partial charge >= 0.3 is 5.97 Å². The number of aryl methyl sites for hydroxylation is 1. The van der Waals surface area contributed by atoms with Gasteiger partial charge in [-0.25, -0.2) is 4.79 Å². The van der Waals surface area contributed by atoms with Gasteiger partial charge in [-0.2, -0.15) is 5.26 Å². The zero-order valence-electron chi connectivity index (χ0n) is 14.5. The molecule has 0 radical (unpaired) electrons. The van der Waals surface area contributed by atoms with Crippen molar-refractivity contribution in [2.24, 2.45) is 0 Å². The van der Waals surface area contributed by atoms with Gasteiger partial charge in [-0.15, -0.1) is 0 Å². The predicted molar refractivity (Wildman–Crippen MR) is 95.7 cm³/mol. The summed E-state index contributed by atoms with van der Waals surface area (Å²) in [6.45, 7) is 1.93. The summed E-state index contributed by atoms with van der Waals surface area (Å²) in [6.07, 6.45) is 0. The molecule has 0 fully saturated rings. The molecule has 0 spiro atoms. The Kier molecular flexibility index (Phi) is 5.04. The molecule has 2 aromatic carbocycles. The molecule has 0 aliphatic heterocycles. The quantitative estimate of drug-likeness (QED) is 0.636. The van der Waals surface area contributed by atoms with Crippen molar-refractivity contribution < 1.29 is 18.7 Å². The van der Waals surface area contributed by atoms with E-state index in [9.17, 15) is 4.79 Å². The second kappa shape index (κ2) is 7.58. The fraction of sp³-hybridized carbons (Fsp3) is 0.143. The van der Waals surface area contributed by atoms with Crippen molar-refractivity contribution in [3.05, 3.63) is 77.2 Å². The fourth-order valence-corrected chi connectivity index (χ4v) is 2.56. The van der Waals surface area contributed by atoms with Gasteiger partial charge in [0.15, 0.2) is 0 Å². The SMILES string of the molecule is COC(=O)c1cc(COc2ccc(-c3ccc(C#N)cc3)cc2)oc1C. The van der Waals surface area contributed by atoms with Crippen LogP contribution in [-0.4, -0.2) is 13.1 Å². The van der Waals surface area contributed by atoms with E-state index in [1.807, 2.05) is 36.4 Å². The summed E-state index contributed by atoms with van der Waals surface area (Å²) in [5.74, 6) is 1.33. The summed E-state index contributed by atoms with van der Waals surface area (Å²) in [5.41, 5.74) is 3.10. The van der Waals surface area contributed by atoms with Gasteiger partial charge in [0.05, 0.1) is 18.7 Å². The first-order valence-electron chi connectivity index (χ1n) is 8.01. The van der Waals surface area contributed by atoms with E-state index in [1.54, 1.807) is 25.1 Å². The maximum Gasteiger partial charge on any atom is 0.341 e. The van der Waals surface area contributed by atoms with Gasteiger partial charge in [0.1, 0.15) is 29.4 Å². The third kappa shape index (κ3) is 3.76. The van der Waals surface area contributed by atoms with Crippen LogP contribution in [-0.2, 0) is 11.3 Å². The Labute approximate surface area is 151 Å². The number of ether oxygens (including phenoxy) is 2. The number of methoxy groups -OCH3 is 1. The standard InChI is InChI=1S/C21H17NO4/c1-14-20(21(23)24-2)11-19(26-14)13-25-18-9-7-17(8-10-18)16-5-3-15(12-22)4-6-16/h3-11H,13H2,1-2H3. The molecular formula is C21H17NO4. The van der Waals surface area contributed by atoms with E-state index >= 15 is 0 Å². The van der Waals surface area contributed by atoms with Crippen molar-refractivity contribution in [1.82, 2.24) is 0 Å². The van der Waals surface area contributed by atoms with Crippen molar-refractivity contribution in [2.75, 3.05) is 7.11 Å². The summed E-state index contributed by atoms with van der Waals surface area (Å²) in [4.78, 5) is 11.6. The molecule has 1 heterocycles. The monoisotopic (exact) mass is 347 g/mol. The third-order valence-corrected chi connectivity index (χ3v) is 3.96. The summed E-state index contributed by atoms with van der Waals surface area (Å²) >= 11 is 0. The molecule has 0 bridgehead atoms. The Morgan fingerprint density at radius 3 is 2.27 bits per heavy atom. The lowest BCUT2D eigenvalue weighted by Gasteiger charge is -2.06. The van der Waals surface area contributed by atoms with Crippen LogP contribution in [0.3, 0.4) is 0 Å². The maximum atomic E-state index is 11.6. The molecule has 0 aliphatic carbocycles. The largest absolute Gasteiger partial charge is 0.486 e. The van der Waals surface area contributed by atoms with Crippen LogP contribution in [0.15, 0.2) is 59.0 Å². The van der Waals surface area contributed by atoms with E-state index in [0.29, 0.717) is 28.4 Å². The minimum absolute atomic E-state index is 0.216. The molecule has 0 N–H and O–H groups in total. The van der Waals surface area contributed by atoms with Crippen LogP contribution in [0.4, 0.5) is 0 Å². The van der Waals surface area contributed by atoms with Gasteiger partial charge < -0.3 is 13.9 Å². The Hall–Kier alpha value is -3.52. The number of nitrogens with zero attached hydrogens (tertiary/aromatic N) is 1. The van der Waals surface area contributed by atoms with Crippen LogP contribution in [0.1, 0.15) is 27.4 Å². The zero-order chi connectivity index (χ0) is 18.5. The number of furan rings is 1. The van der Waals surface area contributed by atoms with Crippen LogP contribution >= 0.6 is 0 Å². The minimum atomic E-state index is -0.427. The second-order valence-electron chi connectivity index (χ2n) is 5.68. The number of nitriles is 1. The van der Waals surface area contributed by atoms with Gasteiger partial charge in [0.25, 0.3) is 0 Å². The van der Waals surface area contributed by atoms with E-state index in [2.05, 4.69) is 6.07 Å². The minimum Gasteiger partial charge on any atom is -0.486 e. The van der Waals surface area contributed by atoms with E-state index in [0.717, 1.165) is 11.1 Å². The highest BCUT2D eigenvalue weighted by molar-refractivity contribution is 5.90. The molecule has 0 unspecified atom stereocenters. The molecule has 0 atom stereocenters. The molecule has 0 saturated carbocycles. The number of rotatable bonds is 5. The van der Waals surface area contributed by atoms with E-state index in [4.69, 9.17) is 19.2 Å². The summed E-state index contributed by atoms with van der Waals surface area (Å²) < 4.78 is 15.9. The molecule has 5 heteroatoms. The van der Waals surface area contributed by atoms with Crippen LogP contribution in [0.5, 0.6) is 5.75 Å². The third-order valence-electron chi connectivity index (χ3n) is 3.96. The average Bonchev–Trinajstić information content (AvgIpc) is 3.07. The first-order chi connectivity index (χ1) is 12.6. The number of carbonyl (C=O) groups excluding carboxylic acids is 1. The molecule has 3 aromatic rings. The molecule has 1 aromatic heterocycles. The highest BCUT2D eigenvalue weighted by Gasteiger charge is 2.15. The summed E-state index contributed by atoms with van der Waals surface area (Å²) in [5, 5.41) is 8.85. The van der Waals surface area contributed by atoms with Crippen LogP contribution in [0, 0.1) is 18.3 Å². The smallest absolute Gasteiger partial charge is 0.341 e. The molecule has 0 aliphatic rings. The molecule has 130 valence electrons. The lowest BCUT2D eigenvalue weighted by molar-refractivity contribution is 0.0599. The molecular weight excluding hydrogens is 330 g/mol. The Balaban J connectivity index is 1.66. The molecule has 0 saturated heterocycles. The number of hydrogen-bond donors (Lipinski definition) is 0. The van der Waals surface area contributed by atoms with E-state index in [1.165, 1.54) is 7.11 Å². The first kappa shape index (κ1) is 17.3. The van der Waals surface area contributed by atoms with Crippen molar-refractivity contribution in [3.8, 4) is 22.9 Å². The highest BCUT2D eigenvalue weighted by atomic mass is 16.5. The van der Waals surface area contributed by atoms with Crippen molar-refractivity contribution in [2.45, 2.75) is 13.5 Å². The molecule has 26 heavy (non-hydrogen) atoms. The van der Waals surface area contributed by atoms with E-state index in [-0.39, 0.29) is 6.61 Å². The zero-order valence-corrected chi connectivity index (χ0v) is 14.5. The van der Waals surface area contributed by atoms with Crippen LogP contribution < -0.4 is 4.74 Å². The second-order valence-corrected chi connectivity index (χ2v) is 5.68. The Bertz CT molecular complexity index is 947. The predicted octanol–water partition coefficient (Wildman–Crippen LogP) is 4.49. The Morgan fingerprint density at radius 2 is 1.69 bits per heavy atom. The van der Waals surface area contributed by atoms with Crippen LogP contribution in [0.25, 0.3) is 11.1 Å². The fourth-order valence-electron chi connectivity index (χ4n) is 2.56. The summed E-state index contributed by atoms with van der Waals surface area (Å²) in [7, 11) is 1.33. The molecule has 3 rings (SSSR count).